The fourth-order valence-electron chi connectivity index (χ4n) is 2.59. The van der Waals surface area contributed by atoms with Crippen LogP contribution in [-0.2, 0) is 11.2 Å². The Morgan fingerprint density at radius 3 is 2.39 bits per heavy atom. The summed E-state index contributed by atoms with van der Waals surface area (Å²) in [6, 6.07) is 8.04. The number of halogens is 1. The van der Waals surface area contributed by atoms with E-state index in [1.807, 2.05) is 12.1 Å². The number of nitrogens with one attached hydrogen (secondary N) is 1. The Hall–Kier alpha value is -0.570. The summed E-state index contributed by atoms with van der Waals surface area (Å²) in [6.45, 7) is 8.36. The smallest absolute Gasteiger partial charge is 0.0826 e. The number of hydrogen-bond donors (Lipinski definition) is 1. The predicted molar refractivity (Wildman–Crippen MR) is 76.2 cm³/mol. The lowest BCUT2D eigenvalue weighted by Crippen LogP contribution is -2.58. The van der Waals surface area contributed by atoms with E-state index >= 15 is 0 Å². The van der Waals surface area contributed by atoms with Gasteiger partial charge in [0, 0.05) is 24.5 Å². The Labute approximate surface area is 115 Å². The van der Waals surface area contributed by atoms with Gasteiger partial charge in [-0.15, -0.1) is 0 Å². The van der Waals surface area contributed by atoms with Crippen LogP contribution in [0.1, 0.15) is 32.8 Å². The molecule has 0 aromatic heterocycles. The maximum atomic E-state index is 6.35. The van der Waals surface area contributed by atoms with Gasteiger partial charge in [-0.05, 0) is 38.0 Å². The lowest BCUT2D eigenvalue weighted by molar-refractivity contribution is -0.162. The third-order valence-electron chi connectivity index (χ3n) is 3.73. The highest BCUT2D eigenvalue weighted by Crippen LogP contribution is 2.29. The second-order valence-corrected chi connectivity index (χ2v) is 6.20. The molecule has 18 heavy (non-hydrogen) atoms. The van der Waals surface area contributed by atoms with Crippen molar-refractivity contribution in [2.45, 2.75) is 44.8 Å². The van der Waals surface area contributed by atoms with E-state index in [1.165, 1.54) is 5.56 Å². The molecule has 1 aliphatic heterocycles. The topological polar surface area (TPSA) is 21.3 Å². The van der Waals surface area contributed by atoms with Crippen molar-refractivity contribution in [3.8, 4) is 0 Å². The Balaban J connectivity index is 2.09. The highest BCUT2D eigenvalue weighted by molar-refractivity contribution is 6.30. The number of morpholine rings is 1. The van der Waals surface area contributed by atoms with Crippen LogP contribution in [0.5, 0.6) is 0 Å². The highest BCUT2D eigenvalue weighted by Gasteiger charge is 2.38. The number of rotatable bonds is 3. The molecule has 3 heteroatoms. The van der Waals surface area contributed by atoms with E-state index in [0.717, 1.165) is 31.0 Å². The van der Waals surface area contributed by atoms with Crippen LogP contribution < -0.4 is 5.32 Å². The first kappa shape index (κ1) is 13.9. The summed E-state index contributed by atoms with van der Waals surface area (Å²) in [7, 11) is 0. The summed E-state index contributed by atoms with van der Waals surface area (Å²) in [6.07, 6.45) is 1.93. The molecule has 0 bridgehead atoms. The quantitative estimate of drug-likeness (QED) is 0.906. The summed E-state index contributed by atoms with van der Waals surface area (Å²) in [5.41, 5.74) is 1.07. The zero-order valence-electron chi connectivity index (χ0n) is 11.4. The van der Waals surface area contributed by atoms with E-state index in [1.54, 1.807) is 0 Å². The molecule has 1 aliphatic rings. The highest BCUT2D eigenvalue weighted by atomic mass is 35.5. The molecule has 2 atom stereocenters. The van der Waals surface area contributed by atoms with E-state index < -0.39 is 0 Å². The zero-order chi connectivity index (χ0) is 13.2. The first-order valence-corrected chi connectivity index (χ1v) is 6.98. The third-order valence-corrected chi connectivity index (χ3v) is 3.98. The molecule has 2 unspecified atom stereocenters. The predicted octanol–water partition coefficient (Wildman–Crippen LogP) is 3.43. The molecular weight excluding hydrogens is 246 g/mol. The summed E-state index contributed by atoms with van der Waals surface area (Å²) in [5.74, 6) is 0. The van der Waals surface area contributed by atoms with Crippen LogP contribution in [0.25, 0.3) is 0 Å². The number of benzene rings is 1. The normalized spacial score (nSPS) is 32.4. The van der Waals surface area contributed by atoms with Crippen LogP contribution in [0.15, 0.2) is 24.3 Å². The molecule has 100 valence electrons. The van der Waals surface area contributed by atoms with E-state index in [2.05, 4.69) is 38.2 Å². The fraction of sp³-hybridized carbons (Fsp3) is 0.600. The van der Waals surface area contributed by atoms with Crippen LogP contribution in [0.3, 0.4) is 0 Å². The standard InChI is InChI=1S/C15H22ClNO/c1-4-14(2)10-17-11-15(3,18-14)9-12-5-7-13(16)8-6-12/h5-8,17H,4,9-11H2,1-3H3. The van der Waals surface area contributed by atoms with Gasteiger partial charge in [-0.2, -0.15) is 0 Å². The molecular formula is C15H22ClNO. The Kier molecular flexibility index (Phi) is 4.00. The van der Waals surface area contributed by atoms with Gasteiger partial charge in [0.25, 0.3) is 0 Å². The average Bonchev–Trinajstić information content (AvgIpc) is 2.32. The van der Waals surface area contributed by atoms with Crippen molar-refractivity contribution in [3.63, 3.8) is 0 Å². The van der Waals surface area contributed by atoms with Gasteiger partial charge in [0.05, 0.1) is 11.2 Å². The molecule has 2 nitrogen and oxygen atoms in total. The van der Waals surface area contributed by atoms with Gasteiger partial charge < -0.3 is 10.1 Å². The lowest BCUT2D eigenvalue weighted by atomic mass is 9.90. The van der Waals surface area contributed by atoms with Crippen molar-refractivity contribution in [2.75, 3.05) is 13.1 Å². The van der Waals surface area contributed by atoms with Crippen molar-refractivity contribution in [2.24, 2.45) is 0 Å². The summed E-state index contributed by atoms with van der Waals surface area (Å²) >= 11 is 5.91. The van der Waals surface area contributed by atoms with Gasteiger partial charge in [0.2, 0.25) is 0 Å². The molecule has 0 saturated carbocycles. The molecule has 0 spiro atoms. The van der Waals surface area contributed by atoms with Crippen LogP contribution >= 0.6 is 11.6 Å². The van der Waals surface area contributed by atoms with Crippen molar-refractivity contribution in [3.05, 3.63) is 34.9 Å². The first-order valence-electron chi connectivity index (χ1n) is 6.60. The van der Waals surface area contributed by atoms with Crippen LogP contribution in [0.2, 0.25) is 5.02 Å². The molecule has 1 fully saturated rings. The second kappa shape index (κ2) is 5.20. The first-order chi connectivity index (χ1) is 8.45. The monoisotopic (exact) mass is 267 g/mol. The molecule has 1 N–H and O–H groups in total. The minimum Gasteiger partial charge on any atom is -0.366 e. The fourth-order valence-corrected chi connectivity index (χ4v) is 2.71. The van der Waals surface area contributed by atoms with Crippen LogP contribution in [0.4, 0.5) is 0 Å². The van der Waals surface area contributed by atoms with Crippen molar-refractivity contribution in [1.82, 2.24) is 5.32 Å². The molecule has 1 aromatic rings. The van der Waals surface area contributed by atoms with Gasteiger partial charge in [-0.3, -0.25) is 0 Å². The number of hydrogen-bond acceptors (Lipinski definition) is 2. The minimum absolute atomic E-state index is 0.0561. The molecule has 0 amide bonds. The molecule has 1 heterocycles. The van der Waals surface area contributed by atoms with E-state index in [0.29, 0.717) is 0 Å². The van der Waals surface area contributed by atoms with Crippen molar-refractivity contribution >= 4 is 11.6 Å². The van der Waals surface area contributed by atoms with Gasteiger partial charge in [0.1, 0.15) is 0 Å². The Bertz CT molecular complexity index is 405. The van der Waals surface area contributed by atoms with E-state index in [-0.39, 0.29) is 11.2 Å². The Morgan fingerprint density at radius 1 is 1.17 bits per heavy atom. The maximum Gasteiger partial charge on any atom is 0.0826 e. The lowest BCUT2D eigenvalue weighted by Gasteiger charge is -2.45. The summed E-state index contributed by atoms with van der Waals surface area (Å²) in [4.78, 5) is 0. The minimum atomic E-state index is -0.142. The molecule has 2 rings (SSSR count). The zero-order valence-corrected chi connectivity index (χ0v) is 12.2. The van der Waals surface area contributed by atoms with Gasteiger partial charge in [-0.1, -0.05) is 30.7 Å². The van der Waals surface area contributed by atoms with E-state index in [9.17, 15) is 0 Å². The molecule has 0 aliphatic carbocycles. The van der Waals surface area contributed by atoms with Crippen LogP contribution in [-0.4, -0.2) is 24.3 Å². The molecule has 0 radical (unpaired) electrons. The maximum absolute atomic E-state index is 6.35. The molecule has 1 saturated heterocycles. The van der Waals surface area contributed by atoms with Gasteiger partial charge in [-0.25, -0.2) is 0 Å². The summed E-state index contributed by atoms with van der Waals surface area (Å²) in [5, 5.41) is 4.28. The second-order valence-electron chi connectivity index (χ2n) is 5.76. The van der Waals surface area contributed by atoms with E-state index in [4.69, 9.17) is 16.3 Å². The molecule has 1 aromatic carbocycles. The SMILES string of the molecule is CCC1(C)CNCC(C)(Cc2ccc(Cl)cc2)O1. The van der Waals surface area contributed by atoms with Gasteiger partial charge >= 0.3 is 0 Å². The number of ether oxygens (including phenoxy) is 1. The van der Waals surface area contributed by atoms with Crippen molar-refractivity contribution in [1.29, 1.82) is 0 Å². The Morgan fingerprint density at radius 2 is 1.78 bits per heavy atom. The van der Waals surface area contributed by atoms with Gasteiger partial charge in [0.15, 0.2) is 0 Å². The van der Waals surface area contributed by atoms with Crippen LogP contribution in [0, 0.1) is 0 Å². The third kappa shape index (κ3) is 3.25. The average molecular weight is 268 g/mol. The summed E-state index contributed by atoms with van der Waals surface area (Å²) < 4.78 is 6.35. The largest absolute Gasteiger partial charge is 0.366 e. The van der Waals surface area contributed by atoms with Crippen molar-refractivity contribution < 1.29 is 4.74 Å².